The molecule has 4 aliphatic rings. The van der Waals surface area contributed by atoms with Crippen molar-refractivity contribution in [3.8, 4) is 5.75 Å². The van der Waals surface area contributed by atoms with Crippen LogP contribution in [0, 0.1) is 23.2 Å². The normalized spacial score (nSPS) is 32.4. The molecular weight excluding hydrogens is 334 g/mol. The first kappa shape index (κ1) is 17.1. The lowest BCUT2D eigenvalue weighted by Gasteiger charge is -2.59. The van der Waals surface area contributed by atoms with Gasteiger partial charge in [-0.2, -0.15) is 0 Å². The largest absolute Gasteiger partial charge is 0.496 e. The minimum absolute atomic E-state index is 0.000786. The molecule has 1 N–H and O–H groups in total. The van der Waals surface area contributed by atoms with Crippen LogP contribution in [0.1, 0.15) is 55.8 Å². The molecule has 1 amide bonds. The fourth-order valence-electron chi connectivity index (χ4n) is 6.70. The molecule has 0 aliphatic heterocycles. The van der Waals surface area contributed by atoms with Crippen molar-refractivity contribution in [1.29, 1.82) is 0 Å². The van der Waals surface area contributed by atoms with Crippen LogP contribution in [0.4, 0.5) is 0 Å². The Labute approximate surface area is 161 Å². The molecule has 4 bridgehead atoms. The standard InChI is InChI=1S/C24H29NO2/c1-15(24-12-16-7-17(13-24)9-18(8-16)14-24)25-23(26)21-10-19-5-3-4-6-20(19)11-22(21)27-2/h3-6,10-11,15-18H,7-9,12-14H2,1-2H3,(H,25,26)/t15-,16?,17?,18?,24?/m0/s1. The van der Waals surface area contributed by atoms with Gasteiger partial charge in [-0.25, -0.2) is 0 Å². The number of amides is 1. The van der Waals surface area contributed by atoms with Gasteiger partial charge in [-0.15, -0.1) is 0 Å². The van der Waals surface area contributed by atoms with Crippen molar-refractivity contribution in [2.45, 2.75) is 51.5 Å². The maximum Gasteiger partial charge on any atom is 0.255 e. The first-order valence-electron chi connectivity index (χ1n) is 10.4. The van der Waals surface area contributed by atoms with Gasteiger partial charge >= 0.3 is 0 Å². The summed E-state index contributed by atoms with van der Waals surface area (Å²) >= 11 is 0. The number of hydrogen-bond donors (Lipinski definition) is 1. The highest BCUT2D eigenvalue weighted by Gasteiger charge is 2.53. The number of nitrogens with one attached hydrogen (secondary N) is 1. The summed E-state index contributed by atoms with van der Waals surface area (Å²) in [5.41, 5.74) is 0.960. The molecule has 0 radical (unpaired) electrons. The van der Waals surface area contributed by atoms with Gasteiger partial charge < -0.3 is 10.1 Å². The third-order valence-electron chi connectivity index (χ3n) is 7.66. The zero-order valence-electron chi connectivity index (χ0n) is 16.3. The molecule has 27 heavy (non-hydrogen) atoms. The van der Waals surface area contributed by atoms with Crippen LogP contribution in [-0.4, -0.2) is 19.1 Å². The lowest BCUT2D eigenvalue weighted by molar-refractivity contribution is -0.0688. The number of rotatable bonds is 4. The molecule has 0 unspecified atom stereocenters. The smallest absolute Gasteiger partial charge is 0.255 e. The summed E-state index contributed by atoms with van der Waals surface area (Å²) in [6.45, 7) is 2.23. The number of fused-ring (bicyclic) bond motifs is 1. The monoisotopic (exact) mass is 363 g/mol. The molecule has 3 heteroatoms. The highest BCUT2D eigenvalue weighted by molar-refractivity contribution is 6.01. The molecule has 4 saturated carbocycles. The predicted molar refractivity (Wildman–Crippen MR) is 108 cm³/mol. The highest BCUT2D eigenvalue weighted by Crippen LogP contribution is 2.61. The first-order chi connectivity index (χ1) is 13.1. The summed E-state index contributed by atoms with van der Waals surface area (Å²) in [5, 5.41) is 5.55. The van der Waals surface area contributed by atoms with E-state index in [9.17, 15) is 4.79 Å². The second-order valence-corrected chi connectivity index (χ2v) is 9.37. The predicted octanol–water partition coefficient (Wildman–Crippen LogP) is 5.18. The van der Waals surface area contributed by atoms with E-state index in [4.69, 9.17) is 4.74 Å². The Morgan fingerprint density at radius 2 is 1.59 bits per heavy atom. The molecule has 2 aromatic rings. The van der Waals surface area contributed by atoms with Crippen molar-refractivity contribution in [1.82, 2.24) is 5.32 Å². The summed E-state index contributed by atoms with van der Waals surface area (Å²) in [7, 11) is 1.64. The summed E-state index contributed by atoms with van der Waals surface area (Å²) < 4.78 is 5.54. The van der Waals surface area contributed by atoms with E-state index in [1.54, 1.807) is 7.11 Å². The quantitative estimate of drug-likeness (QED) is 0.812. The molecule has 142 valence electrons. The van der Waals surface area contributed by atoms with Crippen LogP contribution < -0.4 is 10.1 Å². The van der Waals surface area contributed by atoms with Gasteiger partial charge in [0.15, 0.2) is 0 Å². The molecule has 0 spiro atoms. The summed E-state index contributed by atoms with van der Waals surface area (Å²) in [5.74, 6) is 3.34. The molecule has 0 aromatic heterocycles. The van der Waals surface area contributed by atoms with Crippen LogP contribution in [-0.2, 0) is 0 Å². The van der Waals surface area contributed by atoms with E-state index in [1.807, 2.05) is 30.3 Å². The molecule has 0 saturated heterocycles. The second-order valence-electron chi connectivity index (χ2n) is 9.37. The average Bonchev–Trinajstić information content (AvgIpc) is 2.65. The maximum atomic E-state index is 13.2. The zero-order valence-corrected chi connectivity index (χ0v) is 16.3. The minimum Gasteiger partial charge on any atom is -0.496 e. The van der Waals surface area contributed by atoms with Gasteiger partial charge in [0.25, 0.3) is 5.91 Å². The number of methoxy groups -OCH3 is 1. The van der Waals surface area contributed by atoms with Crippen LogP contribution >= 0.6 is 0 Å². The van der Waals surface area contributed by atoms with Gasteiger partial charge in [0.05, 0.1) is 12.7 Å². The third-order valence-corrected chi connectivity index (χ3v) is 7.66. The highest BCUT2D eigenvalue weighted by atomic mass is 16.5. The van der Waals surface area contributed by atoms with Crippen molar-refractivity contribution in [2.75, 3.05) is 7.11 Å². The average molecular weight is 364 g/mol. The second kappa shape index (κ2) is 6.25. The van der Waals surface area contributed by atoms with E-state index < -0.39 is 0 Å². The molecular formula is C24H29NO2. The van der Waals surface area contributed by atoms with Gasteiger partial charge in [-0.3, -0.25) is 4.79 Å². The summed E-state index contributed by atoms with van der Waals surface area (Å²) in [6.07, 6.45) is 8.19. The Kier molecular flexibility index (Phi) is 3.96. The number of benzene rings is 2. The molecule has 2 aromatic carbocycles. The zero-order chi connectivity index (χ0) is 18.6. The Morgan fingerprint density at radius 1 is 1.04 bits per heavy atom. The third kappa shape index (κ3) is 2.83. The van der Waals surface area contributed by atoms with Crippen LogP contribution in [0.3, 0.4) is 0 Å². The van der Waals surface area contributed by atoms with E-state index >= 15 is 0 Å². The van der Waals surface area contributed by atoms with E-state index in [0.29, 0.717) is 16.7 Å². The van der Waals surface area contributed by atoms with Crippen molar-refractivity contribution in [2.24, 2.45) is 23.2 Å². The van der Waals surface area contributed by atoms with Gasteiger partial charge in [0, 0.05) is 6.04 Å². The topological polar surface area (TPSA) is 38.3 Å². The molecule has 4 aliphatic carbocycles. The first-order valence-corrected chi connectivity index (χ1v) is 10.4. The van der Waals surface area contributed by atoms with E-state index in [2.05, 4.69) is 18.3 Å². The van der Waals surface area contributed by atoms with Gasteiger partial charge in [-0.1, -0.05) is 24.3 Å². The number of carbonyl (C=O) groups is 1. The van der Waals surface area contributed by atoms with E-state index in [0.717, 1.165) is 28.5 Å². The molecule has 4 fully saturated rings. The number of ether oxygens (including phenoxy) is 1. The molecule has 6 rings (SSSR count). The fraction of sp³-hybridized carbons (Fsp3) is 0.542. The van der Waals surface area contributed by atoms with E-state index in [-0.39, 0.29) is 11.9 Å². The van der Waals surface area contributed by atoms with Crippen molar-refractivity contribution < 1.29 is 9.53 Å². The summed E-state index contributed by atoms with van der Waals surface area (Å²) in [4.78, 5) is 13.2. The van der Waals surface area contributed by atoms with Crippen LogP contribution in [0.5, 0.6) is 5.75 Å². The summed E-state index contributed by atoms with van der Waals surface area (Å²) in [6, 6.07) is 12.3. The van der Waals surface area contributed by atoms with Crippen LogP contribution in [0.2, 0.25) is 0 Å². The maximum absolute atomic E-state index is 13.2. The van der Waals surface area contributed by atoms with Gasteiger partial charge in [0.1, 0.15) is 5.75 Å². The van der Waals surface area contributed by atoms with Gasteiger partial charge in [0.2, 0.25) is 0 Å². The van der Waals surface area contributed by atoms with Crippen molar-refractivity contribution in [3.05, 3.63) is 42.0 Å². The molecule has 3 nitrogen and oxygen atoms in total. The molecule has 1 atom stereocenters. The van der Waals surface area contributed by atoms with Crippen molar-refractivity contribution in [3.63, 3.8) is 0 Å². The fourth-order valence-corrected chi connectivity index (χ4v) is 6.70. The Morgan fingerprint density at radius 3 is 2.15 bits per heavy atom. The van der Waals surface area contributed by atoms with Crippen LogP contribution in [0.25, 0.3) is 10.8 Å². The Hall–Kier alpha value is -2.03. The minimum atomic E-state index is 0.000786. The lowest BCUT2D eigenvalue weighted by atomic mass is 9.48. The Balaban J connectivity index is 1.41. The molecule has 0 heterocycles. The number of hydrogen-bond acceptors (Lipinski definition) is 2. The van der Waals surface area contributed by atoms with Crippen molar-refractivity contribution >= 4 is 16.7 Å². The Bertz CT molecular complexity index is 852. The van der Waals surface area contributed by atoms with Gasteiger partial charge in [-0.05, 0) is 91.5 Å². The van der Waals surface area contributed by atoms with E-state index in [1.165, 1.54) is 38.5 Å². The number of carbonyl (C=O) groups excluding carboxylic acids is 1. The van der Waals surface area contributed by atoms with Crippen LogP contribution in [0.15, 0.2) is 36.4 Å². The lowest BCUT2D eigenvalue weighted by Crippen LogP contribution is -2.55. The SMILES string of the molecule is COc1cc2ccccc2cc1C(=O)N[C@@H](C)C12CC3CC(CC(C3)C1)C2.